The van der Waals surface area contributed by atoms with Crippen molar-refractivity contribution in [2.75, 3.05) is 5.01 Å². The first kappa shape index (κ1) is 18.0. The minimum absolute atomic E-state index is 0.126. The van der Waals surface area contributed by atoms with Crippen molar-refractivity contribution in [2.24, 2.45) is 5.10 Å². The Morgan fingerprint density at radius 3 is 1.86 bits per heavy atom. The largest absolute Gasteiger partial charge is 0.257 e. The molecular weight excluding hydrogens is 361 g/mol. The summed E-state index contributed by atoms with van der Waals surface area (Å²) in [7, 11) is 0. The molecule has 0 fully saturated rings. The quantitative estimate of drug-likeness (QED) is 0.534. The lowest BCUT2D eigenvalue weighted by atomic mass is 10.0. The summed E-state index contributed by atoms with van der Waals surface area (Å²) in [6.45, 7) is 0. The normalized spacial score (nSPS) is 16.6. The Hall–Kier alpha value is -3.34. The van der Waals surface area contributed by atoms with Crippen LogP contribution in [0.3, 0.4) is 0 Å². The summed E-state index contributed by atoms with van der Waals surface area (Å²) in [5, 5.41) is 6.49. The van der Waals surface area contributed by atoms with E-state index in [4.69, 9.17) is 0 Å². The zero-order valence-corrected chi connectivity index (χ0v) is 14.9. The molecule has 0 N–H and O–H groups in total. The monoisotopic (exact) mass is 378 g/mol. The zero-order chi connectivity index (χ0) is 19.5. The van der Waals surface area contributed by atoms with E-state index in [1.165, 1.54) is 36.4 Å². The van der Waals surface area contributed by atoms with Gasteiger partial charge in [-0.1, -0.05) is 30.3 Å². The molecule has 5 heteroatoms. The van der Waals surface area contributed by atoms with Gasteiger partial charge in [0.25, 0.3) is 0 Å². The highest BCUT2D eigenvalue weighted by molar-refractivity contribution is 6.01. The summed E-state index contributed by atoms with van der Waals surface area (Å²) in [5.41, 5.74) is 3.35. The lowest BCUT2D eigenvalue weighted by molar-refractivity contribution is 0.622. The maximum absolute atomic E-state index is 13.3. The average molecular weight is 378 g/mol. The van der Waals surface area contributed by atoms with Crippen LogP contribution < -0.4 is 5.01 Å². The molecule has 0 aromatic heterocycles. The molecular formula is C23H17F3N2. The highest BCUT2D eigenvalue weighted by Crippen LogP contribution is 2.35. The van der Waals surface area contributed by atoms with E-state index in [1.807, 2.05) is 17.2 Å². The van der Waals surface area contributed by atoms with Gasteiger partial charge in [-0.25, -0.2) is 13.2 Å². The van der Waals surface area contributed by atoms with Crippen LogP contribution in [0.1, 0.15) is 23.6 Å². The first-order chi connectivity index (χ1) is 13.6. The summed E-state index contributed by atoms with van der Waals surface area (Å²) in [6, 6.07) is 18.5. The molecule has 1 atom stereocenters. The van der Waals surface area contributed by atoms with Gasteiger partial charge in [0.1, 0.15) is 17.5 Å². The van der Waals surface area contributed by atoms with Gasteiger partial charge in [0.2, 0.25) is 0 Å². The Morgan fingerprint density at radius 1 is 0.714 bits per heavy atom. The number of halogens is 3. The first-order valence-corrected chi connectivity index (χ1v) is 8.90. The van der Waals surface area contributed by atoms with Crippen molar-refractivity contribution in [3.8, 4) is 0 Å². The van der Waals surface area contributed by atoms with Gasteiger partial charge >= 0.3 is 0 Å². The van der Waals surface area contributed by atoms with Crippen LogP contribution >= 0.6 is 0 Å². The molecule has 2 nitrogen and oxygen atoms in total. The second-order valence-corrected chi connectivity index (χ2v) is 6.57. The van der Waals surface area contributed by atoms with E-state index in [0.717, 1.165) is 22.5 Å². The predicted octanol–water partition coefficient (Wildman–Crippen LogP) is 6.12. The molecule has 0 spiro atoms. The molecule has 0 amide bonds. The smallest absolute Gasteiger partial charge is 0.123 e. The molecule has 3 aromatic rings. The van der Waals surface area contributed by atoms with Crippen LogP contribution in [0.5, 0.6) is 0 Å². The van der Waals surface area contributed by atoms with Gasteiger partial charge in [-0.2, -0.15) is 5.10 Å². The summed E-state index contributed by atoms with van der Waals surface area (Å²) >= 11 is 0. The fourth-order valence-corrected chi connectivity index (χ4v) is 3.18. The summed E-state index contributed by atoms with van der Waals surface area (Å²) < 4.78 is 39.7. The fraction of sp³-hybridized carbons (Fsp3) is 0.0870. The third kappa shape index (κ3) is 3.98. The maximum atomic E-state index is 13.3. The van der Waals surface area contributed by atoms with E-state index in [-0.39, 0.29) is 23.5 Å². The van der Waals surface area contributed by atoms with Crippen LogP contribution in [0, 0.1) is 17.5 Å². The third-order valence-electron chi connectivity index (χ3n) is 4.62. The van der Waals surface area contributed by atoms with E-state index < -0.39 is 0 Å². The molecule has 1 heterocycles. The summed E-state index contributed by atoms with van der Waals surface area (Å²) in [4.78, 5) is 0. The van der Waals surface area contributed by atoms with Gasteiger partial charge in [0.05, 0.1) is 17.4 Å². The Kier molecular flexibility index (Phi) is 4.98. The molecule has 140 valence electrons. The number of nitrogens with zero attached hydrogens (tertiary/aromatic N) is 2. The number of hydrazone groups is 1. The molecule has 0 saturated carbocycles. The minimum atomic E-state index is -0.318. The Balaban J connectivity index is 1.64. The van der Waals surface area contributed by atoms with E-state index in [1.54, 1.807) is 36.4 Å². The molecule has 0 aliphatic carbocycles. The third-order valence-corrected chi connectivity index (χ3v) is 4.62. The van der Waals surface area contributed by atoms with Gasteiger partial charge in [0.15, 0.2) is 0 Å². The second-order valence-electron chi connectivity index (χ2n) is 6.57. The van der Waals surface area contributed by atoms with Gasteiger partial charge in [0, 0.05) is 6.42 Å². The van der Waals surface area contributed by atoms with Crippen molar-refractivity contribution >= 4 is 17.5 Å². The predicted molar refractivity (Wildman–Crippen MR) is 106 cm³/mol. The van der Waals surface area contributed by atoms with Crippen molar-refractivity contribution < 1.29 is 13.2 Å². The lowest BCUT2D eigenvalue weighted by Gasteiger charge is -2.24. The van der Waals surface area contributed by atoms with E-state index in [9.17, 15) is 13.2 Å². The number of benzene rings is 3. The van der Waals surface area contributed by atoms with Crippen LogP contribution in [0.4, 0.5) is 18.9 Å². The fourth-order valence-electron chi connectivity index (χ4n) is 3.18. The van der Waals surface area contributed by atoms with E-state index >= 15 is 0 Å². The molecule has 0 bridgehead atoms. The van der Waals surface area contributed by atoms with Crippen molar-refractivity contribution in [1.82, 2.24) is 0 Å². The molecule has 0 unspecified atom stereocenters. The molecule has 0 saturated heterocycles. The number of rotatable bonds is 4. The minimum Gasteiger partial charge on any atom is -0.257 e. The zero-order valence-electron chi connectivity index (χ0n) is 14.9. The van der Waals surface area contributed by atoms with Crippen LogP contribution in [0.2, 0.25) is 0 Å². The molecule has 0 radical (unpaired) electrons. The topological polar surface area (TPSA) is 15.6 Å². The van der Waals surface area contributed by atoms with E-state index in [2.05, 4.69) is 5.10 Å². The van der Waals surface area contributed by atoms with Crippen LogP contribution in [-0.4, -0.2) is 5.71 Å². The Morgan fingerprint density at radius 2 is 1.25 bits per heavy atom. The molecule has 28 heavy (non-hydrogen) atoms. The van der Waals surface area contributed by atoms with Crippen LogP contribution in [0.15, 0.2) is 84.0 Å². The summed E-state index contributed by atoms with van der Waals surface area (Å²) in [5.74, 6) is -0.900. The number of hydrogen-bond acceptors (Lipinski definition) is 2. The van der Waals surface area contributed by atoms with Gasteiger partial charge < -0.3 is 0 Å². The van der Waals surface area contributed by atoms with Gasteiger partial charge in [-0.3, -0.25) is 5.01 Å². The standard InChI is InChI=1S/C23H17F3N2/c24-18-6-1-16(2-7-18)3-12-21-15-23(17-4-8-19(25)9-5-17)28(27-21)22-13-10-20(26)11-14-22/h1-14,23H,15H2/b12-3+/t23-/m1/s1. The van der Waals surface area contributed by atoms with Crippen molar-refractivity contribution in [3.63, 3.8) is 0 Å². The van der Waals surface area contributed by atoms with Crippen molar-refractivity contribution in [1.29, 1.82) is 0 Å². The average Bonchev–Trinajstić information content (AvgIpc) is 3.13. The number of hydrogen-bond donors (Lipinski definition) is 0. The van der Waals surface area contributed by atoms with Crippen LogP contribution in [-0.2, 0) is 0 Å². The highest BCUT2D eigenvalue weighted by atomic mass is 19.1. The maximum Gasteiger partial charge on any atom is 0.123 e. The van der Waals surface area contributed by atoms with Crippen molar-refractivity contribution in [3.05, 3.63) is 107 Å². The van der Waals surface area contributed by atoms with E-state index in [0.29, 0.717) is 6.42 Å². The molecule has 1 aliphatic rings. The molecule has 3 aromatic carbocycles. The number of anilines is 1. The SMILES string of the molecule is Fc1ccc(/C=C/C2=NN(c3ccc(F)cc3)[C@@H](c3ccc(F)cc3)C2)cc1. The Bertz CT molecular complexity index is 1010. The first-order valence-electron chi connectivity index (χ1n) is 8.90. The highest BCUT2D eigenvalue weighted by Gasteiger charge is 2.28. The molecule has 1 aliphatic heterocycles. The van der Waals surface area contributed by atoms with Gasteiger partial charge in [-0.05, 0) is 65.7 Å². The summed E-state index contributed by atoms with van der Waals surface area (Å²) in [6.07, 6.45) is 4.36. The Labute approximate surface area is 161 Å². The second kappa shape index (κ2) is 7.72. The molecule has 4 rings (SSSR count). The van der Waals surface area contributed by atoms with Gasteiger partial charge in [-0.15, -0.1) is 0 Å². The van der Waals surface area contributed by atoms with Crippen molar-refractivity contribution in [2.45, 2.75) is 12.5 Å². The lowest BCUT2D eigenvalue weighted by Crippen LogP contribution is -2.18. The number of allylic oxidation sites excluding steroid dienone is 1. The van der Waals surface area contributed by atoms with Crippen LogP contribution in [0.25, 0.3) is 6.08 Å².